The zero-order chi connectivity index (χ0) is 37.6. The van der Waals surface area contributed by atoms with Crippen molar-refractivity contribution in [1.29, 1.82) is 0 Å². The summed E-state index contributed by atoms with van der Waals surface area (Å²) in [5, 5.41) is 0. The number of hydrogen-bond donors (Lipinski definition) is 2. The van der Waals surface area contributed by atoms with Gasteiger partial charge in [-0.3, -0.25) is 19.2 Å². The smallest absolute Gasteiger partial charge is 0.399 e. The van der Waals surface area contributed by atoms with Crippen LogP contribution in [0.2, 0.25) is 0 Å². The fourth-order valence-corrected chi connectivity index (χ4v) is 6.65. The first kappa shape index (κ1) is 34.0. The van der Waals surface area contributed by atoms with Gasteiger partial charge in [-0.1, -0.05) is 24.3 Å². The molecule has 0 aliphatic carbocycles. The van der Waals surface area contributed by atoms with E-state index in [2.05, 4.69) is 0 Å². The largest absolute Gasteiger partial charge is 0.418 e. The van der Waals surface area contributed by atoms with E-state index in [1.807, 2.05) is 0 Å². The zero-order valence-electron chi connectivity index (χ0n) is 27.0. The number of nitrogen functional groups attached to an aromatic ring is 2. The molecule has 4 amide bonds. The Balaban J connectivity index is 1.28. The van der Waals surface area contributed by atoms with Gasteiger partial charge in [-0.15, -0.1) is 0 Å². The van der Waals surface area contributed by atoms with Gasteiger partial charge in [0.15, 0.2) is 0 Å². The number of nitrogens with zero attached hydrogens (tertiary/aromatic N) is 2. The molecule has 5 aromatic rings. The third kappa shape index (κ3) is 5.34. The highest BCUT2D eigenvalue weighted by molar-refractivity contribution is 6.36. The van der Waals surface area contributed by atoms with E-state index in [0.29, 0.717) is 32.7 Å². The highest BCUT2D eigenvalue weighted by atomic mass is 19.4. The molecule has 2 aliphatic heterocycles. The van der Waals surface area contributed by atoms with Crippen molar-refractivity contribution in [1.82, 2.24) is 0 Å². The molecule has 0 aromatic heterocycles. The summed E-state index contributed by atoms with van der Waals surface area (Å²) in [7, 11) is 0. The molecule has 14 heteroatoms. The molecule has 0 atom stereocenters. The third-order valence-corrected chi connectivity index (χ3v) is 9.10. The number of alkyl halides is 6. The van der Waals surface area contributed by atoms with E-state index in [9.17, 15) is 45.5 Å². The summed E-state index contributed by atoms with van der Waals surface area (Å²) >= 11 is 0. The Kier molecular flexibility index (Phi) is 7.56. The van der Waals surface area contributed by atoms with Crippen molar-refractivity contribution in [3.63, 3.8) is 0 Å². The summed E-state index contributed by atoms with van der Waals surface area (Å²) in [6, 6.07) is 17.2. The number of rotatable bonds is 4. The monoisotopic (exact) mass is 714 g/mol. The lowest BCUT2D eigenvalue weighted by molar-refractivity contribution is -0.137. The van der Waals surface area contributed by atoms with Crippen LogP contribution in [-0.2, 0) is 12.4 Å². The SMILES string of the molecule is Cc1cc(N)ccc1-c1ccc2c(c1)C(=O)N(c1cc(C)c(N3C(=O)c4ccc(-c5ccc(N)cc5C(F)(F)F)cc4C3=O)cc1C(F)(F)F)C2=O. The second-order valence-electron chi connectivity index (χ2n) is 12.4. The fourth-order valence-electron chi connectivity index (χ4n) is 6.65. The van der Waals surface area contributed by atoms with Gasteiger partial charge in [0.25, 0.3) is 23.6 Å². The molecular formula is C38H24F6N4O4. The number of carbonyl (C=O) groups is 4. The first-order chi connectivity index (χ1) is 24.4. The maximum atomic E-state index is 14.8. The van der Waals surface area contributed by atoms with Crippen LogP contribution in [0.3, 0.4) is 0 Å². The average molecular weight is 715 g/mol. The Morgan fingerprint density at radius 3 is 1.40 bits per heavy atom. The van der Waals surface area contributed by atoms with Crippen molar-refractivity contribution < 1.29 is 45.5 Å². The lowest BCUT2D eigenvalue weighted by Gasteiger charge is -2.24. The molecule has 8 nitrogen and oxygen atoms in total. The maximum Gasteiger partial charge on any atom is 0.418 e. The molecule has 0 fully saturated rings. The van der Waals surface area contributed by atoms with E-state index >= 15 is 0 Å². The number of aryl methyl sites for hydroxylation is 2. The van der Waals surface area contributed by atoms with Gasteiger partial charge < -0.3 is 11.5 Å². The van der Waals surface area contributed by atoms with Crippen molar-refractivity contribution in [3.05, 3.63) is 129 Å². The average Bonchev–Trinajstić information content (AvgIpc) is 3.46. The number of fused-ring (bicyclic) bond motifs is 2. The number of benzene rings is 5. The molecule has 52 heavy (non-hydrogen) atoms. The minimum absolute atomic E-state index is 0.0784. The Labute approximate surface area is 290 Å². The van der Waals surface area contributed by atoms with Crippen LogP contribution < -0.4 is 21.3 Å². The van der Waals surface area contributed by atoms with E-state index < -0.39 is 58.5 Å². The third-order valence-electron chi connectivity index (χ3n) is 9.10. The first-order valence-electron chi connectivity index (χ1n) is 15.5. The summed E-state index contributed by atoms with van der Waals surface area (Å²) in [4.78, 5) is 55.3. The summed E-state index contributed by atoms with van der Waals surface area (Å²) < 4.78 is 85.8. The van der Waals surface area contributed by atoms with Crippen molar-refractivity contribution in [2.75, 3.05) is 21.3 Å². The van der Waals surface area contributed by atoms with Crippen LogP contribution in [0.15, 0.2) is 84.9 Å². The van der Waals surface area contributed by atoms with Gasteiger partial charge in [0.05, 0.1) is 44.8 Å². The summed E-state index contributed by atoms with van der Waals surface area (Å²) in [6.07, 6.45) is -10.0. The number of anilines is 4. The Hall–Kier alpha value is -6.44. The van der Waals surface area contributed by atoms with Gasteiger partial charge in [0.1, 0.15) is 0 Å². The van der Waals surface area contributed by atoms with Crippen LogP contribution in [0.5, 0.6) is 0 Å². The van der Waals surface area contributed by atoms with Crippen molar-refractivity contribution >= 4 is 46.4 Å². The second-order valence-corrected chi connectivity index (χ2v) is 12.4. The minimum atomic E-state index is -5.19. The predicted molar refractivity (Wildman–Crippen MR) is 181 cm³/mol. The maximum absolute atomic E-state index is 14.8. The van der Waals surface area contributed by atoms with Crippen LogP contribution in [0.25, 0.3) is 22.3 Å². The summed E-state index contributed by atoms with van der Waals surface area (Å²) in [5.41, 5.74) is 8.53. The normalized spacial score (nSPS) is 14.4. The topological polar surface area (TPSA) is 127 Å². The molecule has 2 heterocycles. The Morgan fingerprint density at radius 1 is 0.442 bits per heavy atom. The van der Waals surface area contributed by atoms with Crippen molar-refractivity contribution in [3.8, 4) is 22.3 Å². The van der Waals surface area contributed by atoms with Crippen molar-refractivity contribution in [2.45, 2.75) is 26.2 Å². The summed E-state index contributed by atoms with van der Waals surface area (Å²) in [5.74, 6) is -4.12. The zero-order valence-corrected chi connectivity index (χ0v) is 27.0. The molecule has 0 spiro atoms. The highest BCUT2D eigenvalue weighted by Crippen LogP contribution is 2.45. The quantitative estimate of drug-likeness (QED) is 0.109. The molecule has 0 unspecified atom stereocenters. The van der Waals surface area contributed by atoms with Crippen LogP contribution in [0, 0.1) is 13.8 Å². The molecule has 262 valence electrons. The number of amides is 4. The van der Waals surface area contributed by atoms with E-state index in [4.69, 9.17) is 11.5 Å². The number of nitrogens with two attached hydrogens (primary N) is 2. The van der Waals surface area contributed by atoms with Crippen LogP contribution in [0.4, 0.5) is 49.1 Å². The number of hydrogen-bond acceptors (Lipinski definition) is 6. The Morgan fingerprint density at radius 2 is 0.885 bits per heavy atom. The van der Waals surface area contributed by atoms with Gasteiger partial charge in [0, 0.05) is 11.4 Å². The molecule has 0 radical (unpaired) electrons. The van der Waals surface area contributed by atoms with E-state index in [-0.39, 0.29) is 44.6 Å². The predicted octanol–water partition coefficient (Wildman–Crippen LogP) is 8.44. The summed E-state index contributed by atoms with van der Waals surface area (Å²) in [6.45, 7) is 3.08. The van der Waals surface area contributed by atoms with Gasteiger partial charge in [-0.25, -0.2) is 9.80 Å². The van der Waals surface area contributed by atoms with Crippen LogP contribution in [0.1, 0.15) is 63.7 Å². The molecule has 0 saturated carbocycles. The van der Waals surface area contributed by atoms with Crippen LogP contribution >= 0.6 is 0 Å². The van der Waals surface area contributed by atoms with Gasteiger partial charge >= 0.3 is 12.4 Å². The Bertz CT molecular complexity index is 2440. The standard InChI is InChI=1S/C38H24F6N4O4/c1-17-11-21(45)5-9-23(17)19-3-7-26-27(13-19)36(52)48(34(26)50)32-12-18(2)31(16-30(32)38(42,43)44)47-33(49)25-8-4-20(14-28(25)35(47)51)24-10-6-22(46)15-29(24)37(39,40)41/h3-16H,45-46H2,1-2H3. The number of halogens is 6. The minimum Gasteiger partial charge on any atom is -0.399 e. The molecule has 2 aliphatic rings. The molecular weight excluding hydrogens is 690 g/mol. The van der Waals surface area contributed by atoms with E-state index in [0.717, 1.165) is 35.9 Å². The van der Waals surface area contributed by atoms with Gasteiger partial charge in [-0.2, -0.15) is 26.3 Å². The van der Waals surface area contributed by atoms with Crippen LogP contribution in [-0.4, -0.2) is 23.6 Å². The fraction of sp³-hybridized carbons (Fsp3) is 0.105. The molecule has 0 bridgehead atoms. The molecule has 0 saturated heterocycles. The van der Waals surface area contributed by atoms with Crippen molar-refractivity contribution in [2.24, 2.45) is 0 Å². The van der Waals surface area contributed by atoms with E-state index in [1.165, 1.54) is 31.2 Å². The second kappa shape index (κ2) is 11.5. The lowest BCUT2D eigenvalue weighted by atomic mass is 9.95. The first-order valence-corrected chi connectivity index (χ1v) is 15.5. The number of imide groups is 2. The highest BCUT2D eigenvalue weighted by Gasteiger charge is 2.45. The number of carbonyl (C=O) groups excluding carboxylic acids is 4. The lowest BCUT2D eigenvalue weighted by Crippen LogP contribution is -2.33. The van der Waals surface area contributed by atoms with E-state index in [1.54, 1.807) is 31.2 Å². The molecule has 5 aromatic carbocycles. The van der Waals surface area contributed by atoms with Gasteiger partial charge in [0.2, 0.25) is 0 Å². The molecule has 4 N–H and O–H groups in total. The molecule has 7 rings (SSSR count). The van der Waals surface area contributed by atoms with Gasteiger partial charge in [-0.05, 0) is 108 Å².